The predicted molar refractivity (Wildman–Crippen MR) is 87.0 cm³/mol. The van der Waals surface area contributed by atoms with Crippen LogP contribution in [0.4, 0.5) is 0 Å². The van der Waals surface area contributed by atoms with Crippen molar-refractivity contribution in [3.8, 4) is 0 Å². The summed E-state index contributed by atoms with van der Waals surface area (Å²) in [5.74, 6) is 0.977. The van der Waals surface area contributed by atoms with E-state index >= 15 is 0 Å². The fraction of sp³-hybridized carbons (Fsp3) is 0.353. The second-order valence-corrected chi connectivity index (χ2v) is 5.82. The molecular formula is C17H22N2S. The van der Waals surface area contributed by atoms with Crippen LogP contribution >= 0.6 is 11.8 Å². The molecule has 0 aliphatic rings. The summed E-state index contributed by atoms with van der Waals surface area (Å²) in [6, 6.07) is 12.7. The van der Waals surface area contributed by atoms with E-state index in [0.29, 0.717) is 0 Å². The Morgan fingerprint density at radius 2 is 1.90 bits per heavy atom. The standard InChI is InChI=1S/C17H22N2S/c1-3-10-18-12-15-9-6-11-19-17(15)20-13-16-8-5-4-7-14(16)2/h4-9,11,18H,3,10,12-13H2,1-2H3. The molecule has 0 bridgehead atoms. The molecule has 3 heteroatoms. The number of hydrogen-bond donors (Lipinski definition) is 1. The number of aromatic nitrogens is 1. The van der Waals surface area contributed by atoms with Crippen molar-refractivity contribution in [1.82, 2.24) is 10.3 Å². The zero-order valence-electron chi connectivity index (χ0n) is 12.2. The maximum atomic E-state index is 4.53. The molecule has 1 aromatic heterocycles. The van der Waals surface area contributed by atoms with Gasteiger partial charge in [-0.05, 0) is 42.6 Å². The number of benzene rings is 1. The van der Waals surface area contributed by atoms with Crippen molar-refractivity contribution < 1.29 is 0 Å². The van der Waals surface area contributed by atoms with Crippen LogP contribution in [0.15, 0.2) is 47.6 Å². The van der Waals surface area contributed by atoms with Gasteiger partial charge in [-0.3, -0.25) is 0 Å². The van der Waals surface area contributed by atoms with Gasteiger partial charge in [0, 0.05) is 18.5 Å². The third-order valence-electron chi connectivity index (χ3n) is 3.22. The number of nitrogens with one attached hydrogen (secondary N) is 1. The SMILES string of the molecule is CCCNCc1cccnc1SCc1ccccc1C. The lowest BCUT2D eigenvalue weighted by molar-refractivity contribution is 0.665. The van der Waals surface area contributed by atoms with E-state index in [1.54, 1.807) is 0 Å². The molecule has 0 fully saturated rings. The molecule has 0 radical (unpaired) electrons. The van der Waals surface area contributed by atoms with Crippen molar-refractivity contribution in [1.29, 1.82) is 0 Å². The van der Waals surface area contributed by atoms with E-state index in [1.165, 1.54) is 16.7 Å². The van der Waals surface area contributed by atoms with E-state index in [1.807, 2.05) is 24.0 Å². The Bertz CT molecular complexity index is 540. The lowest BCUT2D eigenvalue weighted by Crippen LogP contribution is -2.14. The first-order chi connectivity index (χ1) is 9.81. The topological polar surface area (TPSA) is 24.9 Å². The summed E-state index contributed by atoms with van der Waals surface area (Å²) < 4.78 is 0. The molecule has 0 spiro atoms. The molecule has 2 rings (SSSR count). The molecular weight excluding hydrogens is 264 g/mol. The molecule has 2 nitrogen and oxygen atoms in total. The molecule has 0 atom stereocenters. The van der Waals surface area contributed by atoms with Crippen LogP contribution in [0.2, 0.25) is 0 Å². The number of pyridine rings is 1. The monoisotopic (exact) mass is 286 g/mol. The highest BCUT2D eigenvalue weighted by molar-refractivity contribution is 7.98. The zero-order valence-corrected chi connectivity index (χ0v) is 13.0. The summed E-state index contributed by atoms with van der Waals surface area (Å²) in [7, 11) is 0. The van der Waals surface area contributed by atoms with Crippen molar-refractivity contribution in [2.24, 2.45) is 0 Å². The van der Waals surface area contributed by atoms with E-state index in [-0.39, 0.29) is 0 Å². The third-order valence-corrected chi connectivity index (χ3v) is 4.31. The molecule has 1 aromatic carbocycles. The van der Waals surface area contributed by atoms with Gasteiger partial charge < -0.3 is 5.32 Å². The summed E-state index contributed by atoms with van der Waals surface area (Å²) in [5, 5.41) is 4.59. The fourth-order valence-electron chi connectivity index (χ4n) is 2.01. The summed E-state index contributed by atoms with van der Waals surface area (Å²) in [5.41, 5.74) is 4.02. The average Bonchev–Trinajstić information content (AvgIpc) is 2.48. The van der Waals surface area contributed by atoms with Crippen LogP contribution in [-0.2, 0) is 12.3 Å². The molecule has 0 aliphatic heterocycles. The van der Waals surface area contributed by atoms with Crippen molar-refractivity contribution in [2.45, 2.75) is 37.6 Å². The van der Waals surface area contributed by atoms with Crippen molar-refractivity contribution in [2.75, 3.05) is 6.54 Å². The molecule has 0 saturated carbocycles. The molecule has 0 amide bonds. The maximum absolute atomic E-state index is 4.53. The van der Waals surface area contributed by atoms with Gasteiger partial charge in [-0.1, -0.05) is 37.3 Å². The minimum absolute atomic E-state index is 0.901. The number of hydrogen-bond acceptors (Lipinski definition) is 3. The molecule has 1 N–H and O–H groups in total. The lowest BCUT2D eigenvalue weighted by atomic mass is 10.1. The quantitative estimate of drug-likeness (QED) is 0.610. The highest BCUT2D eigenvalue weighted by Gasteiger charge is 2.05. The Balaban J connectivity index is 2.00. The minimum Gasteiger partial charge on any atom is -0.313 e. The Morgan fingerprint density at radius 3 is 2.70 bits per heavy atom. The maximum Gasteiger partial charge on any atom is 0.101 e. The van der Waals surface area contributed by atoms with E-state index in [0.717, 1.165) is 30.3 Å². The first-order valence-electron chi connectivity index (χ1n) is 7.13. The van der Waals surface area contributed by atoms with Gasteiger partial charge in [0.05, 0.1) is 0 Å². The fourth-order valence-corrected chi connectivity index (χ4v) is 3.08. The van der Waals surface area contributed by atoms with E-state index in [4.69, 9.17) is 0 Å². The molecule has 106 valence electrons. The molecule has 0 saturated heterocycles. The summed E-state index contributed by atoms with van der Waals surface area (Å²) in [6.45, 7) is 6.30. The Labute approximate surface area is 126 Å². The first kappa shape index (κ1) is 15.1. The number of rotatable bonds is 7. The first-order valence-corrected chi connectivity index (χ1v) is 8.11. The van der Waals surface area contributed by atoms with Crippen LogP contribution in [0.1, 0.15) is 30.0 Å². The molecule has 20 heavy (non-hydrogen) atoms. The van der Waals surface area contributed by atoms with Gasteiger partial charge in [-0.15, -0.1) is 11.8 Å². The van der Waals surface area contributed by atoms with Gasteiger partial charge >= 0.3 is 0 Å². The lowest BCUT2D eigenvalue weighted by Gasteiger charge is -2.10. The van der Waals surface area contributed by atoms with E-state index in [2.05, 4.69) is 54.5 Å². The van der Waals surface area contributed by atoms with Gasteiger partial charge in [-0.25, -0.2) is 4.98 Å². The highest BCUT2D eigenvalue weighted by Crippen LogP contribution is 2.25. The van der Waals surface area contributed by atoms with Gasteiger partial charge in [-0.2, -0.15) is 0 Å². The largest absolute Gasteiger partial charge is 0.313 e. The normalized spacial score (nSPS) is 10.7. The van der Waals surface area contributed by atoms with Gasteiger partial charge in [0.15, 0.2) is 0 Å². The summed E-state index contributed by atoms with van der Waals surface area (Å²) in [6.07, 6.45) is 3.04. The van der Waals surface area contributed by atoms with Crippen LogP contribution < -0.4 is 5.32 Å². The molecule has 2 aromatic rings. The van der Waals surface area contributed by atoms with Gasteiger partial charge in [0.2, 0.25) is 0 Å². The number of thioether (sulfide) groups is 1. The second-order valence-electron chi connectivity index (χ2n) is 4.86. The Hall–Kier alpha value is -1.32. The van der Waals surface area contributed by atoms with Gasteiger partial charge in [0.1, 0.15) is 5.03 Å². The predicted octanol–water partition coefficient (Wildman–Crippen LogP) is 4.18. The Kier molecular flexibility index (Phi) is 6.09. The van der Waals surface area contributed by atoms with Crippen LogP contribution in [0.5, 0.6) is 0 Å². The minimum atomic E-state index is 0.901. The third kappa shape index (κ3) is 4.36. The van der Waals surface area contributed by atoms with Crippen LogP contribution in [0.3, 0.4) is 0 Å². The van der Waals surface area contributed by atoms with Crippen molar-refractivity contribution in [3.05, 3.63) is 59.3 Å². The number of nitrogens with zero attached hydrogens (tertiary/aromatic N) is 1. The smallest absolute Gasteiger partial charge is 0.101 e. The summed E-state index contributed by atoms with van der Waals surface area (Å²) in [4.78, 5) is 4.53. The van der Waals surface area contributed by atoms with E-state index in [9.17, 15) is 0 Å². The molecule has 0 unspecified atom stereocenters. The Morgan fingerprint density at radius 1 is 1.10 bits per heavy atom. The molecule has 0 aliphatic carbocycles. The van der Waals surface area contributed by atoms with Crippen LogP contribution in [0.25, 0.3) is 0 Å². The second kappa shape index (κ2) is 8.08. The number of aryl methyl sites for hydroxylation is 1. The average molecular weight is 286 g/mol. The van der Waals surface area contributed by atoms with Crippen molar-refractivity contribution >= 4 is 11.8 Å². The highest BCUT2D eigenvalue weighted by atomic mass is 32.2. The van der Waals surface area contributed by atoms with Gasteiger partial charge in [0.25, 0.3) is 0 Å². The van der Waals surface area contributed by atoms with Crippen LogP contribution in [-0.4, -0.2) is 11.5 Å². The zero-order chi connectivity index (χ0) is 14.2. The van der Waals surface area contributed by atoms with Crippen molar-refractivity contribution in [3.63, 3.8) is 0 Å². The summed E-state index contributed by atoms with van der Waals surface area (Å²) >= 11 is 1.82. The van der Waals surface area contributed by atoms with Crippen LogP contribution in [0, 0.1) is 6.92 Å². The molecule has 1 heterocycles. The van der Waals surface area contributed by atoms with E-state index < -0.39 is 0 Å².